The molecule has 1 aliphatic carbocycles. The molecule has 1 aromatic carbocycles. The number of sulfonamides is 1. The lowest BCUT2D eigenvalue weighted by molar-refractivity contribution is -0.274. The Morgan fingerprint density at radius 2 is 1.84 bits per heavy atom. The molecule has 1 aromatic rings. The van der Waals surface area contributed by atoms with Gasteiger partial charge in [0.05, 0.1) is 4.90 Å². The van der Waals surface area contributed by atoms with Crippen molar-refractivity contribution in [1.82, 2.24) is 9.62 Å². The van der Waals surface area contributed by atoms with Crippen LogP contribution in [-0.2, 0) is 10.0 Å². The molecule has 0 amide bonds. The first-order valence-electron chi connectivity index (χ1n) is 8.33. The van der Waals surface area contributed by atoms with E-state index in [1.807, 2.05) is 0 Å². The van der Waals surface area contributed by atoms with Gasteiger partial charge in [0.25, 0.3) is 0 Å². The maximum Gasteiger partial charge on any atom is 0.573 e. The fourth-order valence-electron chi connectivity index (χ4n) is 2.94. The van der Waals surface area contributed by atoms with E-state index in [2.05, 4.69) is 10.1 Å². The summed E-state index contributed by atoms with van der Waals surface area (Å²) in [5.41, 5.74) is 0. The van der Waals surface area contributed by atoms with Gasteiger partial charge in [-0.25, -0.2) is 8.42 Å². The quantitative estimate of drug-likeness (QED) is 0.827. The maximum atomic E-state index is 12.7. The van der Waals surface area contributed by atoms with Crippen molar-refractivity contribution in [1.29, 1.82) is 0 Å². The third-order valence-electron chi connectivity index (χ3n) is 4.52. The third-order valence-corrected chi connectivity index (χ3v) is 6.42. The number of halogens is 3. The molecule has 1 N–H and O–H groups in total. The van der Waals surface area contributed by atoms with Crippen molar-refractivity contribution >= 4 is 10.0 Å². The molecular formula is C16H21F3N2O3S. The van der Waals surface area contributed by atoms with E-state index in [1.54, 1.807) is 0 Å². The minimum absolute atomic E-state index is 0.182. The van der Waals surface area contributed by atoms with Crippen molar-refractivity contribution in [2.24, 2.45) is 5.92 Å². The molecule has 2 fully saturated rings. The van der Waals surface area contributed by atoms with Crippen LogP contribution < -0.4 is 10.1 Å². The van der Waals surface area contributed by atoms with Gasteiger partial charge in [-0.2, -0.15) is 4.31 Å². The van der Waals surface area contributed by atoms with Crippen LogP contribution in [0.2, 0.25) is 0 Å². The summed E-state index contributed by atoms with van der Waals surface area (Å²) in [6, 6.07) is 4.83. The van der Waals surface area contributed by atoms with Crippen LogP contribution >= 0.6 is 0 Å². The van der Waals surface area contributed by atoms with Crippen LogP contribution in [0.25, 0.3) is 0 Å². The van der Waals surface area contributed by atoms with Crippen LogP contribution in [0.1, 0.15) is 25.7 Å². The van der Waals surface area contributed by atoms with Crippen molar-refractivity contribution in [3.63, 3.8) is 0 Å². The van der Waals surface area contributed by atoms with Gasteiger partial charge >= 0.3 is 6.36 Å². The Hall–Kier alpha value is -1.32. The molecule has 0 bridgehead atoms. The molecule has 0 aromatic heterocycles. The summed E-state index contributed by atoms with van der Waals surface area (Å²) < 4.78 is 67.4. The van der Waals surface area contributed by atoms with Crippen molar-refractivity contribution < 1.29 is 26.3 Å². The van der Waals surface area contributed by atoms with Gasteiger partial charge in [0, 0.05) is 25.2 Å². The molecule has 0 radical (unpaired) electrons. The minimum Gasteiger partial charge on any atom is -0.406 e. The number of hydrogen-bond donors (Lipinski definition) is 1. The Balaban J connectivity index is 1.62. The Morgan fingerprint density at radius 3 is 2.44 bits per heavy atom. The zero-order chi connectivity index (χ0) is 18.1. The molecule has 9 heteroatoms. The number of ether oxygens (including phenoxy) is 1. The zero-order valence-electron chi connectivity index (χ0n) is 13.6. The highest BCUT2D eigenvalue weighted by molar-refractivity contribution is 7.89. The van der Waals surface area contributed by atoms with Gasteiger partial charge < -0.3 is 10.1 Å². The topological polar surface area (TPSA) is 58.6 Å². The van der Waals surface area contributed by atoms with Gasteiger partial charge in [0.15, 0.2) is 0 Å². The van der Waals surface area contributed by atoms with Crippen molar-refractivity contribution in [2.45, 2.75) is 43.0 Å². The number of rotatable bonds is 6. The monoisotopic (exact) mass is 378 g/mol. The lowest BCUT2D eigenvalue weighted by Gasteiger charge is -2.31. The van der Waals surface area contributed by atoms with E-state index < -0.39 is 22.1 Å². The smallest absolute Gasteiger partial charge is 0.406 e. The Labute approximate surface area is 145 Å². The summed E-state index contributed by atoms with van der Waals surface area (Å²) in [4.78, 5) is -0.182. The summed E-state index contributed by atoms with van der Waals surface area (Å²) in [5.74, 6) is 0.229. The second-order valence-corrected chi connectivity index (χ2v) is 8.49. The van der Waals surface area contributed by atoms with Crippen molar-refractivity contribution in [3.8, 4) is 5.75 Å². The van der Waals surface area contributed by atoms with Crippen LogP contribution in [0, 0.1) is 5.92 Å². The maximum absolute atomic E-state index is 12.7. The number of alkyl halides is 3. The summed E-state index contributed by atoms with van der Waals surface area (Å²) in [5, 5.41) is 3.46. The molecule has 25 heavy (non-hydrogen) atoms. The van der Waals surface area contributed by atoms with Crippen LogP contribution in [-0.4, -0.2) is 44.8 Å². The molecular weight excluding hydrogens is 357 g/mol. The van der Waals surface area contributed by atoms with E-state index in [9.17, 15) is 21.6 Å². The third kappa shape index (κ3) is 5.08. The highest BCUT2D eigenvalue weighted by Crippen LogP contribution is 2.29. The SMILES string of the molecule is O=S(=O)(c1cccc(OC(F)(F)F)c1)N1CCC(NCC2CC2)CC1. The minimum atomic E-state index is -4.85. The number of nitrogens with zero attached hydrogens (tertiary/aromatic N) is 1. The van der Waals surface area contributed by atoms with E-state index in [1.165, 1.54) is 29.3 Å². The summed E-state index contributed by atoms with van der Waals surface area (Å²) in [6.07, 6.45) is -0.934. The summed E-state index contributed by atoms with van der Waals surface area (Å²) >= 11 is 0. The van der Waals surface area contributed by atoms with Crippen LogP contribution in [0.15, 0.2) is 29.2 Å². The molecule has 0 spiro atoms. The highest BCUT2D eigenvalue weighted by Gasteiger charge is 2.33. The van der Waals surface area contributed by atoms with Crippen molar-refractivity contribution in [3.05, 3.63) is 24.3 Å². The molecule has 1 saturated carbocycles. The largest absolute Gasteiger partial charge is 0.573 e. The van der Waals surface area contributed by atoms with Crippen molar-refractivity contribution in [2.75, 3.05) is 19.6 Å². The number of benzene rings is 1. The zero-order valence-corrected chi connectivity index (χ0v) is 14.4. The predicted molar refractivity (Wildman–Crippen MR) is 85.6 cm³/mol. The Morgan fingerprint density at radius 1 is 1.16 bits per heavy atom. The standard InChI is InChI=1S/C16H21F3N2O3S/c17-16(18,19)24-14-2-1-3-15(10-14)25(22,23)21-8-6-13(7-9-21)20-11-12-4-5-12/h1-3,10,12-13,20H,4-9,11H2. The fraction of sp³-hybridized carbons (Fsp3) is 0.625. The molecule has 2 aliphatic rings. The highest BCUT2D eigenvalue weighted by atomic mass is 32.2. The fourth-order valence-corrected chi connectivity index (χ4v) is 4.44. The average Bonchev–Trinajstić information content (AvgIpc) is 3.36. The Bertz CT molecular complexity index is 697. The summed E-state index contributed by atoms with van der Waals surface area (Å²) in [7, 11) is -3.82. The van der Waals surface area contributed by atoms with Crippen LogP contribution in [0.3, 0.4) is 0 Å². The number of piperidine rings is 1. The molecule has 1 saturated heterocycles. The molecule has 1 aliphatic heterocycles. The van der Waals surface area contributed by atoms with Gasteiger partial charge in [-0.1, -0.05) is 6.07 Å². The van der Waals surface area contributed by atoms with Gasteiger partial charge in [-0.3, -0.25) is 0 Å². The first-order chi connectivity index (χ1) is 11.7. The second kappa shape index (κ2) is 7.13. The van der Waals surface area contributed by atoms with E-state index in [-0.39, 0.29) is 4.90 Å². The van der Waals surface area contributed by atoms with Gasteiger partial charge in [-0.05, 0) is 50.3 Å². The van der Waals surface area contributed by atoms with E-state index >= 15 is 0 Å². The van der Waals surface area contributed by atoms with E-state index in [4.69, 9.17) is 0 Å². The molecule has 0 unspecified atom stereocenters. The van der Waals surface area contributed by atoms with Crippen LogP contribution in [0.5, 0.6) is 5.75 Å². The first kappa shape index (κ1) is 18.5. The van der Waals surface area contributed by atoms with E-state index in [0.29, 0.717) is 32.0 Å². The predicted octanol–water partition coefficient (Wildman–Crippen LogP) is 2.74. The molecule has 140 valence electrons. The molecule has 1 heterocycles. The number of nitrogens with one attached hydrogen (secondary N) is 1. The van der Waals surface area contributed by atoms with Crippen LogP contribution in [0.4, 0.5) is 13.2 Å². The van der Waals surface area contributed by atoms with Gasteiger partial charge in [-0.15, -0.1) is 13.2 Å². The number of hydrogen-bond acceptors (Lipinski definition) is 4. The van der Waals surface area contributed by atoms with E-state index in [0.717, 1.165) is 24.6 Å². The molecule has 3 rings (SSSR count). The molecule has 0 atom stereocenters. The first-order valence-corrected chi connectivity index (χ1v) is 9.77. The van der Waals surface area contributed by atoms with Gasteiger partial charge in [0.2, 0.25) is 10.0 Å². The Kier molecular flexibility index (Phi) is 5.26. The lowest BCUT2D eigenvalue weighted by Crippen LogP contribution is -2.45. The van der Waals surface area contributed by atoms with Gasteiger partial charge in [0.1, 0.15) is 5.75 Å². The summed E-state index contributed by atoms with van der Waals surface area (Å²) in [6.45, 7) is 1.69. The molecule has 5 nitrogen and oxygen atoms in total. The average molecular weight is 378 g/mol. The lowest BCUT2D eigenvalue weighted by atomic mass is 10.1. The second-order valence-electron chi connectivity index (χ2n) is 6.55. The normalized spacial score (nSPS) is 20.6.